The van der Waals surface area contributed by atoms with E-state index in [1.807, 2.05) is 6.92 Å². The molecule has 0 aliphatic carbocycles. The van der Waals surface area contributed by atoms with Gasteiger partial charge in [0.15, 0.2) is 11.6 Å². The third kappa shape index (κ3) is 3.18. The zero-order valence-electron chi connectivity index (χ0n) is 16.2. The van der Waals surface area contributed by atoms with Crippen LogP contribution in [0.4, 0.5) is 16.2 Å². The standard InChI is InChI=1S/C20H19FN6O3/c1-10-7-23-18-16(10)19(28)27(20(22)25-18)8-15-24-17(26-30-15)12-6-14(29-9-12)11-2-4-13(21)5-3-11/h2-5,7,10,12,14H,6,8-9H2,1H3,(H2,22,25)/t10?,12-,14+/m0/s1. The largest absolute Gasteiger partial charge is 0.373 e. The van der Waals surface area contributed by atoms with Crippen molar-refractivity contribution in [2.45, 2.75) is 37.8 Å². The predicted molar refractivity (Wildman–Crippen MR) is 105 cm³/mol. The first-order valence-corrected chi connectivity index (χ1v) is 9.63. The number of hydrogen-bond acceptors (Lipinski definition) is 8. The lowest BCUT2D eigenvalue weighted by atomic mass is 10.00. The number of halogens is 1. The maximum Gasteiger partial charge on any atom is 0.261 e. The second kappa shape index (κ2) is 7.13. The average molecular weight is 410 g/mol. The van der Waals surface area contributed by atoms with E-state index in [0.717, 1.165) is 5.56 Å². The van der Waals surface area contributed by atoms with E-state index < -0.39 is 0 Å². The highest BCUT2D eigenvalue weighted by Crippen LogP contribution is 2.37. The summed E-state index contributed by atoms with van der Waals surface area (Å²) >= 11 is 0. The van der Waals surface area contributed by atoms with Crippen molar-refractivity contribution in [2.24, 2.45) is 4.99 Å². The van der Waals surface area contributed by atoms with Crippen molar-refractivity contribution in [3.63, 3.8) is 0 Å². The van der Waals surface area contributed by atoms with Gasteiger partial charge in [0, 0.05) is 18.1 Å². The SMILES string of the molecule is CC1C=Nc2nc(N)n(Cc3nc([C@@H]4CO[C@@H](c5ccc(F)cc5)C4)no3)c(=O)c21. The molecular weight excluding hydrogens is 391 g/mol. The molecule has 0 spiro atoms. The number of aromatic nitrogens is 4. The quantitative estimate of drug-likeness (QED) is 0.701. The Kier molecular flexibility index (Phi) is 4.43. The van der Waals surface area contributed by atoms with Gasteiger partial charge in [0.05, 0.1) is 18.3 Å². The molecule has 2 aliphatic rings. The van der Waals surface area contributed by atoms with E-state index in [1.54, 1.807) is 18.3 Å². The van der Waals surface area contributed by atoms with Gasteiger partial charge in [-0.3, -0.25) is 9.36 Å². The van der Waals surface area contributed by atoms with E-state index in [2.05, 4.69) is 20.1 Å². The van der Waals surface area contributed by atoms with Gasteiger partial charge in [-0.15, -0.1) is 0 Å². The highest BCUT2D eigenvalue weighted by molar-refractivity contribution is 5.78. The summed E-state index contributed by atoms with van der Waals surface area (Å²) in [5.41, 5.74) is 7.10. The van der Waals surface area contributed by atoms with E-state index in [-0.39, 0.29) is 47.7 Å². The van der Waals surface area contributed by atoms with Crippen molar-refractivity contribution in [1.82, 2.24) is 19.7 Å². The lowest BCUT2D eigenvalue weighted by Gasteiger charge is -2.09. The fourth-order valence-corrected chi connectivity index (χ4v) is 3.83. The van der Waals surface area contributed by atoms with Crippen molar-refractivity contribution in [1.29, 1.82) is 0 Å². The van der Waals surface area contributed by atoms with Crippen LogP contribution in [-0.4, -0.2) is 32.5 Å². The van der Waals surface area contributed by atoms with E-state index in [0.29, 0.717) is 30.2 Å². The molecule has 9 nitrogen and oxygen atoms in total. The fourth-order valence-electron chi connectivity index (χ4n) is 3.83. The van der Waals surface area contributed by atoms with Crippen LogP contribution in [0.15, 0.2) is 38.6 Å². The number of nitrogen functional groups attached to an aromatic ring is 1. The fraction of sp³-hybridized carbons (Fsp3) is 0.350. The van der Waals surface area contributed by atoms with Gasteiger partial charge < -0.3 is 15.0 Å². The maximum atomic E-state index is 13.1. The molecule has 2 aromatic heterocycles. The van der Waals surface area contributed by atoms with Crippen LogP contribution in [0.1, 0.15) is 54.1 Å². The average Bonchev–Trinajstić information content (AvgIpc) is 3.46. The lowest BCUT2D eigenvalue weighted by molar-refractivity contribution is 0.110. The smallest absolute Gasteiger partial charge is 0.261 e. The molecule has 10 heteroatoms. The Morgan fingerprint density at radius 1 is 1.27 bits per heavy atom. The Morgan fingerprint density at radius 3 is 2.87 bits per heavy atom. The minimum Gasteiger partial charge on any atom is -0.373 e. The number of hydrogen-bond donors (Lipinski definition) is 1. The van der Waals surface area contributed by atoms with Gasteiger partial charge in [-0.05, 0) is 24.1 Å². The van der Waals surface area contributed by atoms with Crippen LogP contribution in [0.3, 0.4) is 0 Å². The molecule has 5 rings (SSSR count). The van der Waals surface area contributed by atoms with E-state index >= 15 is 0 Å². The van der Waals surface area contributed by atoms with Gasteiger partial charge in [-0.25, -0.2) is 9.38 Å². The molecule has 1 saturated heterocycles. The number of nitrogens with zero attached hydrogens (tertiary/aromatic N) is 5. The summed E-state index contributed by atoms with van der Waals surface area (Å²) in [7, 11) is 0. The van der Waals surface area contributed by atoms with Crippen LogP contribution in [0.25, 0.3) is 0 Å². The molecule has 1 aromatic carbocycles. The van der Waals surface area contributed by atoms with Crippen LogP contribution < -0.4 is 11.3 Å². The van der Waals surface area contributed by atoms with Crippen LogP contribution in [0.5, 0.6) is 0 Å². The van der Waals surface area contributed by atoms with Crippen molar-refractivity contribution >= 4 is 18.0 Å². The molecule has 0 bridgehead atoms. The van der Waals surface area contributed by atoms with Gasteiger partial charge in [0.1, 0.15) is 12.4 Å². The van der Waals surface area contributed by atoms with E-state index in [1.165, 1.54) is 16.7 Å². The Morgan fingerprint density at radius 2 is 2.07 bits per heavy atom. The summed E-state index contributed by atoms with van der Waals surface area (Å²) in [5.74, 6) is 0.715. The Hall–Kier alpha value is -3.40. The molecule has 0 amide bonds. The number of ether oxygens (including phenoxy) is 1. The third-order valence-electron chi connectivity index (χ3n) is 5.47. The summed E-state index contributed by atoms with van der Waals surface area (Å²) in [6.07, 6.45) is 2.17. The monoisotopic (exact) mass is 410 g/mol. The van der Waals surface area contributed by atoms with Gasteiger partial charge in [0.25, 0.3) is 5.56 Å². The lowest BCUT2D eigenvalue weighted by Crippen LogP contribution is -2.28. The molecule has 1 unspecified atom stereocenters. The van der Waals surface area contributed by atoms with Crippen molar-refractivity contribution < 1.29 is 13.7 Å². The highest BCUT2D eigenvalue weighted by Gasteiger charge is 2.31. The number of nitrogens with two attached hydrogens (primary N) is 1. The first-order valence-electron chi connectivity index (χ1n) is 9.63. The molecule has 4 heterocycles. The van der Waals surface area contributed by atoms with Gasteiger partial charge >= 0.3 is 0 Å². The molecule has 2 N–H and O–H groups in total. The summed E-state index contributed by atoms with van der Waals surface area (Å²) in [5, 5.41) is 4.06. The number of rotatable bonds is 4. The second-order valence-electron chi connectivity index (χ2n) is 7.52. The minimum absolute atomic E-state index is 0.0274. The summed E-state index contributed by atoms with van der Waals surface area (Å²) in [6.45, 7) is 2.33. The maximum absolute atomic E-state index is 13.1. The molecule has 0 saturated carbocycles. The number of anilines is 1. The second-order valence-corrected chi connectivity index (χ2v) is 7.52. The number of fused-ring (bicyclic) bond motifs is 1. The molecule has 154 valence electrons. The number of benzene rings is 1. The summed E-state index contributed by atoms with van der Waals surface area (Å²) < 4.78 is 25.6. The Balaban J connectivity index is 1.33. The predicted octanol–water partition coefficient (Wildman–Crippen LogP) is 2.46. The molecule has 30 heavy (non-hydrogen) atoms. The highest BCUT2D eigenvalue weighted by atomic mass is 19.1. The summed E-state index contributed by atoms with van der Waals surface area (Å²) in [4.78, 5) is 25.6. The minimum atomic E-state index is -0.285. The van der Waals surface area contributed by atoms with Crippen LogP contribution in [0.2, 0.25) is 0 Å². The zero-order chi connectivity index (χ0) is 20.8. The third-order valence-corrected chi connectivity index (χ3v) is 5.47. The van der Waals surface area contributed by atoms with Crippen LogP contribution in [-0.2, 0) is 11.3 Å². The van der Waals surface area contributed by atoms with Gasteiger partial charge in [-0.2, -0.15) is 9.97 Å². The van der Waals surface area contributed by atoms with Crippen LogP contribution in [0, 0.1) is 5.82 Å². The van der Waals surface area contributed by atoms with Crippen LogP contribution >= 0.6 is 0 Å². The molecule has 0 radical (unpaired) electrons. The molecule has 2 aliphatic heterocycles. The first kappa shape index (κ1) is 18.6. The van der Waals surface area contributed by atoms with E-state index in [4.69, 9.17) is 15.0 Å². The van der Waals surface area contributed by atoms with Gasteiger partial charge in [0.2, 0.25) is 11.8 Å². The van der Waals surface area contributed by atoms with Crippen molar-refractivity contribution in [3.8, 4) is 0 Å². The Labute approximate surface area is 170 Å². The Bertz CT molecular complexity index is 1190. The molecule has 3 atom stereocenters. The topological polar surface area (TPSA) is 121 Å². The molecule has 3 aromatic rings. The molecule has 1 fully saturated rings. The summed E-state index contributed by atoms with van der Waals surface area (Å²) in [6, 6.07) is 6.25. The zero-order valence-corrected chi connectivity index (χ0v) is 16.2. The van der Waals surface area contributed by atoms with E-state index in [9.17, 15) is 9.18 Å². The molecular formula is C20H19FN6O3. The number of aliphatic imine (C=N–C) groups is 1. The van der Waals surface area contributed by atoms with Crippen molar-refractivity contribution in [2.75, 3.05) is 12.3 Å². The van der Waals surface area contributed by atoms with Gasteiger partial charge in [-0.1, -0.05) is 24.2 Å². The first-order chi connectivity index (χ1) is 14.5. The van der Waals surface area contributed by atoms with Crippen molar-refractivity contribution in [3.05, 3.63) is 63.3 Å². The normalized spacial score (nSPS) is 22.5.